The van der Waals surface area contributed by atoms with E-state index in [9.17, 15) is 18.8 Å². The molecule has 1 unspecified atom stereocenters. The summed E-state index contributed by atoms with van der Waals surface area (Å²) in [7, 11) is 0. The van der Waals surface area contributed by atoms with Gasteiger partial charge in [0.2, 0.25) is 11.8 Å². The average Bonchev–Trinajstić information content (AvgIpc) is 3.16. The summed E-state index contributed by atoms with van der Waals surface area (Å²) in [5.74, 6) is -0.562. The third-order valence-electron chi connectivity index (χ3n) is 5.38. The number of halogens is 1. The molecular formula is C22H27FN4O4. The fourth-order valence-electron chi connectivity index (χ4n) is 3.55. The summed E-state index contributed by atoms with van der Waals surface area (Å²) in [4.78, 5) is 39.7. The van der Waals surface area contributed by atoms with E-state index >= 15 is 0 Å². The van der Waals surface area contributed by atoms with Crippen LogP contribution >= 0.6 is 0 Å². The summed E-state index contributed by atoms with van der Waals surface area (Å²) in [5, 5.41) is 9.26. The highest BCUT2D eigenvalue weighted by Crippen LogP contribution is 2.21. The molecule has 1 aliphatic rings. The highest BCUT2D eigenvalue weighted by atomic mass is 19.1. The van der Waals surface area contributed by atoms with Crippen molar-refractivity contribution in [2.24, 2.45) is 11.8 Å². The molecule has 1 fully saturated rings. The molecule has 1 aromatic heterocycles. The van der Waals surface area contributed by atoms with Crippen molar-refractivity contribution in [3.05, 3.63) is 47.5 Å². The SMILES string of the molecule is Cc1cc(NC(=O)C2CCN(C(=O)C(NC(=O)c3ccc(F)cc3)C(C)C)CC2)no1. The maximum Gasteiger partial charge on any atom is 0.251 e. The van der Waals surface area contributed by atoms with Gasteiger partial charge in [0.15, 0.2) is 5.82 Å². The fourth-order valence-corrected chi connectivity index (χ4v) is 3.55. The van der Waals surface area contributed by atoms with E-state index in [0.717, 1.165) is 0 Å². The van der Waals surface area contributed by atoms with Crippen molar-refractivity contribution in [1.29, 1.82) is 0 Å². The third kappa shape index (κ3) is 5.68. The van der Waals surface area contributed by atoms with Gasteiger partial charge in [-0.1, -0.05) is 19.0 Å². The van der Waals surface area contributed by atoms with Gasteiger partial charge in [0.05, 0.1) is 0 Å². The predicted octanol–water partition coefficient (Wildman–Crippen LogP) is 2.75. The molecule has 0 radical (unpaired) electrons. The number of nitrogens with zero attached hydrogens (tertiary/aromatic N) is 2. The lowest BCUT2D eigenvalue weighted by atomic mass is 9.94. The number of benzene rings is 1. The number of anilines is 1. The van der Waals surface area contributed by atoms with Crippen molar-refractivity contribution in [1.82, 2.24) is 15.4 Å². The van der Waals surface area contributed by atoms with Crippen molar-refractivity contribution in [3.8, 4) is 0 Å². The van der Waals surface area contributed by atoms with E-state index in [1.54, 1.807) is 17.9 Å². The van der Waals surface area contributed by atoms with Crippen LogP contribution in [0, 0.1) is 24.6 Å². The van der Waals surface area contributed by atoms with Crippen molar-refractivity contribution in [2.45, 2.75) is 39.7 Å². The molecule has 3 rings (SSSR count). The summed E-state index contributed by atoms with van der Waals surface area (Å²) < 4.78 is 18.0. The second-order valence-electron chi connectivity index (χ2n) is 8.11. The molecule has 8 nitrogen and oxygen atoms in total. The number of piperidine rings is 1. The normalized spacial score (nSPS) is 15.6. The van der Waals surface area contributed by atoms with Gasteiger partial charge in [-0.2, -0.15) is 0 Å². The smallest absolute Gasteiger partial charge is 0.251 e. The van der Waals surface area contributed by atoms with Crippen LogP contribution in [0.1, 0.15) is 42.8 Å². The van der Waals surface area contributed by atoms with Gasteiger partial charge in [-0.15, -0.1) is 0 Å². The Morgan fingerprint density at radius 2 is 1.81 bits per heavy atom. The number of rotatable bonds is 6. The monoisotopic (exact) mass is 430 g/mol. The second-order valence-corrected chi connectivity index (χ2v) is 8.11. The van der Waals surface area contributed by atoms with Crippen molar-refractivity contribution in [3.63, 3.8) is 0 Å². The molecule has 0 bridgehead atoms. The molecule has 3 amide bonds. The standard InChI is InChI=1S/C22H27FN4O4/c1-13(2)19(25-21(29)15-4-6-17(23)7-5-15)22(30)27-10-8-16(9-11-27)20(28)24-18-12-14(3)31-26-18/h4-7,12-13,16,19H,8-11H2,1-3H3,(H,25,29)(H,24,26,28). The minimum Gasteiger partial charge on any atom is -0.360 e. The van der Waals surface area contributed by atoms with E-state index in [2.05, 4.69) is 15.8 Å². The van der Waals surface area contributed by atoms with Gasteiger partial charge < -0.3 is 20.1 Å². The Bertz CT molecular complexity index is 933. The highest BCUT2D eigenvalue weighted by molar-refractivity contribution is 5.97. The lowest BCUT2D eigenvalue weighted by Crippen LogP contribution is -2.53. The van der Waals surface area contributed by atoms with Gasteiger partial charge >= 0.3 is 0 Å². The molecule has 0 aliphatic carbocycles. The lowest BCUT2D eigenvalue weighted by molar-refractivity contribution is -0.137. The number of hydrogen-bond acceptors (Lipinski definition) is 5. The highest BCUT2D eigenvalue weighted by Gasteiger charge is 2.33. The second kappa shape index (κ2) is 9.72. The van der Waals surface area contributed by atoms with E-state index < -0.39 is 17.8 Å². The number of nitrogens with one attached hydrogen (secondary N) is 2. The van der Waals surface area contributed by atoms with E-state index in [1.165, 1.54) is 24.3 Å². The van der Waals surface area contributed by atoms with Crippen LogP contribution in [-0.2, 0) is 9.59 Å². The van der Waals surface area contributed by atoms with Gasteiger partial charge in [0.1, 0.15) is 17.6 Å². The number of likely N-dealkylation sites (tertiary alicyclic amines) is 1. The molecule has 0 saturated carbocycles. The molecular weight excluding hydrogens is 403 g/mol. The van der Waals surface area contributed by atoms with Gasteiger partial charge in [-0.25, -0.2) is 4.39 Å². The zero-order chi connectivity index (χ0) is 22.5. The van der Waals surface area contributed by atoms with E-state index in [1.807, 2.05) is 13.8 Å². The average molecular weight is 430 g/mol. The number of amides is 3. The van der Waals surface area contributed by atoms with Crippen LogP contribution in [0.4, 0.5) is 10.2 Å². The van der Waals surface area contributed by atoms with Gasteiger partial charge in [-0.3, -0.25) is 14.4 Å². The largest absolute Gasteiger partial charge is 0.360 e. The predicted molar refractivity (Wildman–Crippen MR) is 112 cm³/mol. The lowest BCUT2D eigenvalue weighted by Gasteiger charge is -2.34. The Morgan fingerprint density at radius 3 is 2.35 bits per heavy atom. The zero-order valence-corrected chi connectivity index (χ0v) is 17.9. The quantitative estimate of drug-likeness (QED) is 0.733. The Kier molecular flexibility index (Phi) is 7.04. The summed E-state index contributed by atoms with van der Waals surface area (Å²) in [6, 6.07) is 6.11. The zero-order valence-electron chi connectivity index (χ0n) is 17.9. The molecule has 0 spiro atoms. The number of aryl methyl sites for hydroxylation is 1. The van der Waals surface area contributed by atoms with Crippen LogP contribution in [0.5, 0.6) is 0 Å². The number of carbonyl (C=O) groups excluding carboxylic acids is 3. The fraction of sp³-hybridized carbons (Fsp3) is 0.455. The van der Waals surface area contributed by atoms with E-state index in [0.29, 0.717) is 43.1 Å². The van der Waals surface area contributed by atoms with Gasteiger partial charge in [-0.05, 0) is 49.9 Å². The van der Waals surface area contributed by atoms with Crippen LogP contribution in [-0.4, -0.2) is 46.9 Å². The molecule has 1 aromatic carbocycles. The van der Waals surface area contributed by atoms with Crippen LogP contribution in [0.25, 0.3) is 0 Å². The molecule has 9 heteroatoms. The van der Waals surface area contributed by atoms with Crippen LogP contribution in [0.3, 0.4) is 0 Å². The minimum absolute atomic E-state index is 0.131. The Hall–Kier alpha value is -3.23. The first kappa shape index (κ1) is 22.5. The van der Waals surface area contributed by atoms with Crippen molar-refractivity contribution in [2.75, 3.05) is 18.4 Å². The molecule has 166 valence electrons. The Labute approximate surface area is 180 Å². The first-order valence-electron chi connectivity index (χ1n) is 10.3. The number of carbonyl (C=O) groups is 3. The molecule has 2 heterocycles. The van der Waals surface area contributed by atoms with Crippen molar-refractivity contribution >= 4 is 23.5 Å². The van der Waals surface area contributed by atoms with Gasteiger partial charge in [0.25, 0.3) is 5.91 Å². The maximum absolute atomic E-state index is 13.1. The van der Waals surface area contributed by atoms with Crippen LogP contribution in [0.15, 0.2) is 34.9 Å². The Morgan fingerprint density at radius 1 is 1.16 bits per heavy atom. The first-order chi connectivity index (χ1) is 14.7. The summed E-state index contributed by atoms with van der Waals surface area (Å²) in [6.07, 6.45) is 1.04. The maximum atomic E-state index is 13.1. The summed E-state index contributed by atoms with van der Waals surface area (Å²) >= 11 is 0. The van der Waals surface area contributed by atoms with E-state index in [-0.39, 0.29) is 23.7 Å². The summed E-state index contributed by atoms with van der Waals surface area (Å²) in [5.41, 5.74) is 0.290. The Balaban J connectivity index is 1.56. The molecule has 31 heavy (non-hydrogen) atoms. The molecule has 1 atom stereocenters. The number of aromatic nitrogens is 1. The molecule has 2 N–H and O–H groups in total. The minimum atomic E-state index is -0.707. The third-order valence-corrected chi connectivity index (χ3v) is 5.38. The molecule has 1 saturated heterocycles. The van der Waals surface area contributed by atoms with Crippen LogP contribution < -0.4 is 10.6 Å². The summed E-state index contributed by atoms with van der Waals surface area (Å²) in [6.45, 7) is 6.29. The van der Waals surface area contributed by atoms with Crippen molar-refractivity contribution < 1.29 is 23.3 Å². The first-order valence-corrected chi connectivity index (χ1v) is 10.3. The molecule has 1 aliphatic heterocycles. The topological polar surface area (TPSA) is 105 Å². The van der Waals surface area contributed by atoms with E-state index in [4.69, 9.17) is 4.52 Å². The van der Waals surface area contributed by atoms with Crippen LogP contribution in [0.2, 0.25) is 0 Å². The number of hydrogen-bond donors (Lipinski definition) is 2. The molecule has 2 aromatic rings. The van der Waals surface area contributed by atoms with Gasteiger partial charge in [0, 0.05) is 30.6 Å².